The van der Waals surface area contributed by atoms with E-state index in [1.165, 1.54) is 6.07 Å². The molecule has 2 N–H and O–H groups in total. The number of aryl methyl sites for hydroxylation is 2. The number of nitrogens with zero attached hydrogens (tertiary/aromatic N) is 2. The molecule has 6 heteroatoms. The number of hydrogen-bond donors (Lipinski definition) is 1. The summed E-state index contributed by atoms with van der Waals surface area (Å²) in [5, 5.41) is 3.72. The largest absolute Gasteiger partial charge is 0.334 e. The van der Waals surface area contributed by atoms with Crippen LogP contribution in [0.3, 0.4) is 0 Å². The van der Waals surface area contributed by atoms with Crippen molar-refractivity contribution < 1.29 is 13.3 Å². The van der Waals surface area contributed by atoms with Crippen molar-refractivity contribution in [3.63, 3.8) is 0 Å². The van der Waals surface area contributed by atoms with Crippen molar-refractivity contribution in [2.45, 2.75) is 19.8 Å². The van der Waals surface area contributed by atoms with Crippen LogP contribution in [0.1, 0.15) is 17.8 Å². The van der Waals surface area contributed by atoms with Crippen molar-refractivity contribution >= 4 is 0 Å². The highest BCUT2D eigenvalue weighted by molar-refractivity contribution is 5.55. The maximum absolute atomic E-state index is 13.6. The monoisotopic (exact) mass is 253 g/mol. The zero-order chi connectivity index (χ0) is 13.1. The third-order valence-electron chi connectivity index (χ3n) is 2.55. The van der Waals surface area contributed by atoms with E-state index in [1.54, 1.807) is 6.92 Å². The molecule has 0 amide bonds. The van der Waals surface area contributed by atoms with Gasteiger partial charge in [0.1, 0.15) is 11.6 Å². The van der Waals surface area contributed by atoms with Crippen LogP contribution in [0.5, 0.6) is 0 Å². The van der Waals surface area contributed by atoms with E-state index in [1.807, 2.05) is 0 Å². The summed E-state index contributed by atoms with van der Waals surface area (Å²) in [4.78, 5) is 4.05. The standard InChI is InChI=1S/C12H13F2N3O/c1-7-5-8(10(14)6-9(7)13)12-16-11(17-18-12)3-2-4-15/h5-6H,2-4,15H2,1H3. The highest BCUT2D eigenvalue weighted by atomic mass is 19.1. The van der Waals surface area contributed by atoms with Gasteiger partial charge in [-0.2, -0.15) is 4.98 Å². The topological polar surface area (TPSA) is 64.9 Å². The van der Waals surface area contributed by atoms with Crippen molar-refractivity contribution in [3.05, 3.63) is 35.2 Å². The van der Waals surface area contributed by atoms with E-state index < -0.39 is 11.6 Å². The molecule has 96 valence electrons. The fourth-order valence-electron chi connectivity index (χ4n) is 1.55. The molecule has 1 aromatic carbocycles. The number of aromatic nitrogens is 2. The molecule has 18 heavy (non-hydrogen) atoms. The molecular weight excluding hydrogens is 240 g/mol. The zero-order valence-corrected chi connectivity index (χ0v) is 9.91. The van der Waals surface area contributed by atoms with Gasteiger partial charge in [-0.05, 0) is 31.5 Å². The van der Waals surface area contributed by atoms with Crippen molar-refractivity contribution in [2.24, 2.45) is 5.73 Å². The molecule has 1 heterocycles. The lowest BCUT2D eigenvalue weighted by molar-refractivity contribution is 0.419. The van der Waals surface area contributed by atoms with Crippen LogP contribution in [0.15, 0.2) is 16.7 Å². The molecule has 4 nitrogen and oxygen atoms in total. The van der Waals surface area contributed by atoms with Crippen molar-refractivity contribution in [2.75, 3.05) is 6.54 Å². The van der Waals surface area contributed by atoms with E-state index in [2.05, 4.69) is 10.1 Å². The minimum Gasteiger partial charge on any atom is -0.334 e. The highest BCUT2D eigenvalue weighted by Crippen LogP contribution is 2.24. The maximum atomic E-state index is 13.6. The molecule has 0 aliphatic carbocycles. The van der Waals surface area contributed by atoms with Gasteiger partial charge in [-0.3, -0.25) is 0 Å². The molecule has 0 saturated carbocycles. The second-order valence-corrected chi connectivity index (χ2v) is 3.99. The Hall–Kier alpha value is -1.82. The smallest absolute Gasteiger partial charge is 0.260 e. The minimum absolute atomic E-state index is 0.0580. The number of hydrogen-bond acceptors (Lipinski definition) is 4. The summed E-state index contributed by atoms with van der Waals surface area (Å²) in [5.41, 5.74) is 5.81. The second kappa shape index (κ2) is 5.22. The van der Waals surface area contributed by atoms with E-state index >= 15 is 0 Å². The molecule has 1 aromatic heterocycles. The van der Waals surface area contributed by atoms with Gasteiger partial charge in [0.05, 0.1) is 5.56 Å². The van der Waals surface area contributed by atoms with Gasteiger partial charge in [-0.15, -0.1) is 0 Å². The van der Waals surface area contributed by atoms with E-state index in [4.69, 9.17) is 10.3 Å². The molecule has 2 aromatic rings. The average Bonchev–Trinajstić information content (AvgIpc) is 2.79. The number of nitrogens with two attached hydrogens (primary N) is 1. The third-order valence-corrected chi connectivity index (χ3v) is 2.55. The van der Waals surface area contributed by atoms with E-state index in [0.29, 0.717) is 24.4 Å². The van der Waals surface area contributed by atoms with E-state index in [0.717, 1.165) is 12.5 Å². The first-order valence-electron chi connectivity index (χ1n) is 5.60. The lowest BCUT2D eigenvalue weighted by atomic mass is 10.1. The van der Waals surface area contributed by atoms with Crippen LogP contribution in [-0.4, -0.2) is 16.7 Å². The number of benzene rings is 1. The summed E-state index contributed by atoms with van der Waals surface area (Å²) in [6.07, 6.45) is 1.30. The van der Waals surface area contributed by atoms with Crippen LogP contribution in [-0.2, 0) is 6.42 Å². The van der Waals surface area contributed by atoms with Crippen LogP contribution in [0.4, 0.5) is 8.78 Å². The van der Waals surface area contributed by atoms with E-state index in [9.17, 15) is 8.78 Å². The molecule has 2 rings (SSSR count). The van der Waals surface area contributed by atoms with Gasteiger partial charge in [0.2, 0.25) is 0 Å². The van der Waals surface area contributed by atoms with Crippen LogP contribution < -0.4 is 5.73 Å². The molecule has 0 fully saturated rings. The van der Waals surface area contributed by atoms with Crippen LogP contribution in [0.25, 0.3) is 11.5 Å². The Morgan fingerprint density at radius 3 is 2.78 bits per heavy atom. The summed E-state index contributed by atoms with van der Waals surface area (Å²) < 4.78 is 31.7. The van der Waals surface area contributed by atoms with Gasteiger partial charge in [-0.25, -0.2) is 8.78 Å². The van der Waals surface area contributed by atoms with Gasteiger partial charge in [0.15, 0.2) is 5.82 Å². The third kappa shape index (κ3) is 2.53. The predicted molar refractivity (Wildman–Crippen MR) is 61.8 cm³/mol. The Morgan fingerprint density at radius 1 is 1.28 bits per heavy atom. The van der Waals surface area contributed by atoms with Crippen molar-refractivity contribution in [1.82, 2.24) is 10.1 Å². The van der Waals surface area contributed by atoms with Gasteiger partial charge >= 0.3 is 0 Å². The minimum atomic E-state index is -0.716. The number of halogens is 2. The Kier molecular flexibility index (Phi) is 3.66. The molecular formula is C12H13F2N3O. The van der Waals surface area contributed by atoms with Crippen molar-refractivity contribution in [1.29, 1.82) is 0 Å². The van der Waals surface area contributed by atoms with Crippen LogP contribution in [0.2, 0.25) is 0 Å². The Labute approximate surface area is 103 Å². The zero-order valence-electron chi connectivity index (χ0n) is 9.91. The average molecular weight is 253 g/mol. The van der Waals surface area contributed by atoms with E-state index in [-0.39, 0.29) is 11.5 Å². The Balaban J connectivity index is 2.31. The fraction of sp³-hybridized carbons (Fsp3) is 0.333. The van der Waals surface area contributed by atoms with Crippen LogP contribution in [0, 0.1) is 18.6 Å². The molecule has 0 bridgehead atoms. The number of rotatable bonds is 4. The second-order valence-electron chi connectivity index (χ2n) is 3.99. The predicted octanol–water partition coefficient (Wildman–Crippen LogP) is 2.21. The first-order chi connectivity index (χ1) is 8.61. The van der Waals surface area contributed by atoms with Gasteiger partial charge in [0, 0.05) is 12.5 Å². The molecule has 0 spiro atoms. The lowest BCUT2D eigenvalue weighted by Crippen LogP contribution is -2.01. The van der Waals surface area contributed by atoms with Gasteiger partial charge in [0.25, 0.3) is 5.89 Å². The summed E-state index contributed by atoms with van der Waals surface area (Å²) >= 11 is 0. The summed E-state index contributed by atoms with van der Waals surface area (Å²) in [6, 6.07) is 2.17. The van der Waals surface area contributed by atoms with Gasteiger partial charge in [-0.1, -0.05) is 5.16 Å². The SMILES string of the molecule is Cc1cc(-c2nc(CCCN)no2)c(F)cc1F. The fourth-order valence-corrected chi connectivity index (χ4v) is 1.55. The molecule has 0 aliphatic rings. The molecule has 0 unspecified atom stereocenters. The molecule has 0 atom stereocenters. The molecule has 0 radical (unpaired) electrons. The Morgan fingerprint density at radius 2 is 2.06 bits per heavy atom. The quantitative estimate of drug-likeness (QED) is 0.907. The molecule has 0 aliphatic heterocycles. The first-order valence-corrected chi connectivity index (χ1v) is 5.60. The lowest BCUT2D eigenvalue weighted by Gasteiger charge is -2.00. The summed E-state index contributed by atoms with van der Waals surface area (Å²) in [7, 11) is 0. The maximum Gasteiger partial charge on any atom is 0.260 e. The van der Waals surface area contributed by atoms with Gasteiger partial charge < -0.3 is 10.3 Å². The summed E-state index contributed by atoms with van der Waals surface area (Å²) in [5.74, 6) is -0.786. The first kappa shape index (κ1) is 12.6. The van der Waals surface area contributed by atoms with Crippen LogP contribution >= 0.6 is 0 Å². The Bertz CT molecular complexity index is 554. The molecule has 0 saturated heterocycles. The van der Waals surface area contributed by atoms with Crippen molar-refractivity contribution in [3.8, 4) is 11.5 Å². The summed E-state index contributed by atoms with van der Waals surface area (Å²) in [6.45, 7) is 2.07. The highest BCUT2D eigenvalue weighted by Gasteiger charge is 2.15. The normalized spacial score (nSPS) is 10.9.